The summed E-state index contributed by atoms with van der Waals surface area (Å²) in [7, 11) is 0. The zero-order valence-corrected chi connectivity index (χ0v) is 18.7. The quantitative estimate of drug-likeness (QED) is 0.521. The summed E-state index contributed by atoms with van der Waals surface area (Å²) in [5.74, 6) is -0.536. The number of aromatic nitrogens is 1. The van der Waals surface area contributed by atoms with Gasteiger partial charge in [0.05, 0.1) is 11.3 Å². The van der Waals surface area contributed by atoms with Gasteiger partial charge in [0.15, 0.2) is 0 Å². The van der Waals surface area contributed by atoms with E-state index in [2.05, 4.69) is 4.98 Å². The zero-order valence-electron chi connectivity index (χ0n) is 18.7. The van der Waals surface area contributed by atoms with Crippen molar-refractivity contribution < 1.29 is 9.59 Å². The van der Waals surface area contributed by atoms with Crippen LogP contribution in [0, 0.1) is 13.8 Å². The van der Waals surface area contributed by atoms with E-state index < -0.39 is 0 Å². The van der Waals surface area contributed by atoms with Crippen LogP contribution in [0.5, 0.6) is 0 Å². The molecule has 32 heavy (non-hydrogen) atoms. The van der Waals surface area contributed by atoms with Crippen LogP contribution in [0.1, 0.15) is 29.2 Å². The van der Waals surface area contributed by atoms with Crippen molar-refractivity contribution in [2.45, 2.75) is 27.2 Å². The molecule has 1 aromatic heterocycles. The number of anilines is 1. The van der Waals surface area contributed by atoms with Crippen molar-refractivity contribution in [2.24, 2.45) is 0 Å². The van der Waals surface area contributed by atoms with E-state index in [1.165, 1.54) is 4.90 Å². The number of pyridine rings is 1. The summed E-state index contributed by atoms with van der Waals surface area (Å²) in [5.41, 5.74) is 5.46. The van der Waals surface area contributed by atoms with Gasteiger partial charge in [-0.3, -0.25) is 14.6 Å². The van der Waals surface area contributed by atoms with Crippen LogP contribution >= 0.6 is 0 Å². The second kappa shape index (κ2) is 9.18. The number of amides is 2. The molecule has 3 aromatic rings. The van der Waals surface area contributed by atoms with Gasteiger partial charge in [0.1, 0.15) is 5.70 Å². The first kappa shape index (κ1) is 21.5. The summed E-state index contributed by atoms with van der Waals surface area (Å²) in [6.45, 7) is 7.21. The minimum atomic E-state index is -0.271. The number of aryl methyl sites for hydroxylation is 1. The van der Waals surface area contributed by atoms with Crippen molar-refractivity contribution in [1.82, 2.24) is 9.88 Å². The van der Waals surface area contributed by atoms with Crippen LogP contribution in [0.3, 0.4) is 0 Å². The van der Waals surface area contributed by atoms with Gasteiger partial charge in [0.25, 0.3) is 11.8 Å². The maximum absolute atomic E-state index is 13.8. The molecule has 1 aliphatic rings. The molecule has 1 aliphatic heterocycles. The predicted molar refractivity (Wildman–Crippen MR) is 127 cm³/mol. The molecule has 0 N–H and O–H groups in total. The standard InChI is InChI=1S/C27H27N3O2/c1-4-29(18-15-21-13-16-28-17-14-21)25-24(22-10-6-5-7-11-22)26(31)30(27(25)32)23-12-8-9-19(2)20(23)3/h5-14,16-17H,4,15,18H2,1-3H3. The van der Waals surface area contributed by atoms with E-state index in [0.717, 1.165) is 28.7 Å². The topological polar surface area (TPSA) is 53.5 Å². The maximum Gasteiger partial charge on any atom is 0.282 e. The third-order valence-corrected chi connectivity index (χ3v) is 6.06. The first-order chi connectivity index (χ1) is 15.5. The average Bonchev–Trinajstić information content (AvgIpc) is 3.07. The highest BCUT2D eigenvalue weighted by molar-refractivity contribution is 6.45. The average molecular weight is 426 g/mol. The Morgan fingerprint density at radius 3 is 2.28 bits per heavy atom. The summed E-state index contributed by atoms with van der Waals surface area (Å²) in [5, 5.41) is 0. The third-order valence-electron chi connectivity index (χ3n) is 6.06. The summed E-state index contributed by atoms with van der Waals surface area (Å²) in [6.07, 6.45) is 4.30. The fraction of sp³-hybridized carbons (Fsp3) is 0.222. The summed E-state index contributed by atoms with van der Waals surface area (Å²) in [6, 6.07) is 19.2. The molecule has 0 radical (unpaired) electrons. The van der Waals surface area contributed by atoms with Crippen LogP contribution in [-0.4, -0.2) is 34.8 Å². The normalized spacial score (nSPS) is 13.8. The molecule has 0 unspecified atom stereocenters. The Kier molecular flexibility index (Phi) is 6.17. The number of benzene rings is 2. The maximum atomic E-state index is 13.8. The Hall–Kier alpha value is -3.73. The van der Waals surface area contributed by atoms with Crippen LogP contribution < -0.4 is 4.90 Å². The summed E-state index contributed by atoms with van der Waals surface area (Å²) < 4.78 is 0. The molecule has 0 saturated heterocycles. The Morgan fingerprint density at radius 1 is 0.875 bits per heavy atom. The molecule has 162 valence electrons. The van der Waals surface area contributed by atoms with Crippen LogP contribution in [0.15, 0.2) is 78.8 Å². The number of imide groups is 1. The van der Waals surface area contributed by atoms with Crippen LogP contribution in [0.25, 0.3) is 5.57 Å². The van der Waals surface area contributed by atoms with Crippen molar-refractivity contribution in [2.75, 3.05) is 18.0 Å². The van der Waals surface area contributed by atoms with Gasteiger partial charge in [0, 0.05) is 25.5 Å². The summed E-state index contributed by atoms with van der Waals surface area (Å²) in [4.78, 5) is 34.9. The van der Waals surface area contributed by atoms with E-state index >= 15 is 0 Å². The van der Waals surface area contributed by atoms with Gasteiger partial charge in [-0.25, -0.2) is 4.90 Å². The molecule has 0 bridgehead atoms. The van der Waals surface area contributed by atoms with E-state index in [-0.39, 0.29) is 11.8 Å². The molecule has 2 heterocycles. The molecule has 5 heteroatoms. The number of likely N-dealkylation sites (N-methyl/N-ethyl adjacent to an activating group) is 1. The van der Waals surface area contributed by atoms with E-state index in [1.54, 1.807) is 12.4 Å². The molecular weight excluding hydrogens is 398 g/mol. The van der Waals surface area contributed by atoms with Crippen LogP contribution in [0.4, 0.5) is 5.69 Å². The smallest absolute Gasteiger partial charge is 0.282 e. The Bertz CT molecular complexity index is 1170. The van der Waals surface area contributed by atoms with Crippen molar-refractivity contribution in [3.63, 3.8) is 0 Å². The number of hydrogen-bond acceptors (Lipinski definition) is 4. The molecule has 2 aromatic carbocycles. The van der Waals surface area contributed by atoms with Gasteiger partial charge < -0.3 is 4.90 Å². The van der Waals surface area contributed by atoms with Gasteiger partial charge in [-0.1, -0.05) is 42.5 Å². The molecule has 4 rings (SSSR count). The fourth-order valence-electron chi connectivity index (χ4n) is 4.11. The lowest BCUT2D eigenvalue weighted by Gasteiger charge is -2.25. The lowest BCUT2D eigenvalue weighted by atomic mass is 10.0. The highest BCUT2D eigenvalue weighted by atomic mass is 16.2. The molecule has 0 atom stereocenters. The van der Waals surface area contributed by atoms with Crippen molar-refractivity contribution in [3.8, 4) is 0 Å². The van der Waals surface area contributed by atoms with Crippen LogP contribution in [0.2, 0.25) is 0 Å². The zero-order chi connectivity index (χ0) is 22.7. The number of carbonyl (C=O) groups is 2. The minimum Gasteiger partial charge on any atom is -0.366 e. The first-order valence-electron chi connectivity index (χ1n) is 10.9. The van der Waals surface area contributed by atoms with Gasteiger partial charge in [0.2, 0.25) is 0 Å². The fourth-order valence-corrected chi connectivity index (χ4v) is 4.11. The number of rotatable bonds is 7. The predicted octanol–water partition coefficient (Wildman–Crippen LogP) is 4.55. The molecule has 0 fully saturated rings. The second-order valence-corrected chi connectivity index (χ2v) is 7.94. The van der Waals surface area contributed by atoms with Crippen molar-refractivity contribution in [1.29, 1.82) is 0 Å². The van der Waals surface area contributed by atoms with E-state index in [1.807, 2.05) is 86.3 Å². The van der Waals surface area contributed by atoms with E-state index in [9.17, 15) is 9.59 Å². The number of nitrogens with zero attached hydrogens (tertiary/aromatic N) is 3. The minimum absolute atomic E-state index is 0.265. The Balaban J connectivity index is 1.77. The van der Waals surface area contributed by atoms with Crippen LogP contribution in [-0.2, 0) is 16.0 Å². The highest BCUT2D eigenvalue weighted by Gasteiger charge is 2.42. The number of hydrogen-bond donors (Lipinski definition) is 0. The van der Waals surface area contributed by atoms with Gasteiger partial charge in [-0.15, -0.1) is 0 Å². The monoisotopic (exact) mass is 425 g/mol. The molecule has 0 saturated carbocycles. The molecule has 5 nitrogen and oxygen atoms in total. The van der Waals surface area contributed by atoms with Crippen molar-refractivity contribution >= 4 is 23.1 Å². The van der Waals surface area contributed by atoms with Gasteiger partial charge >= 0.3 is 0 Å². The van der Waals surface area contributed by atoms with Gasteiger partial charge in [-0.05, 0) is 67.6 Å². The van der Waals surface area contributed by atoms with E-state index in [4.69, 9.17) is 0 Å². The molecule has 0 spiro atoms. The lowest BCUT2D eigenvalue weighted by molar-refractivity contribution is -0.120. The van der Waals surface area contributed by atoms with Gasteiger partial charge in [-0.2, -0.15) is 0 Å². The second-order valence-electron chi connectivity index (χ2n) is 7.94. The Morgan fingerprint density at radius 2 is 1.59 bits per heavy atom. The number of carbonyl (C=O) groups excluding carboxylic acids is 2. The molecule has 0 aliphatic carbocycles. The Labute approximate surface area is 189 Å². The summed E-state index contributed by atoms with van der Waals surface area (Å²) >= 11 is 0. The SMILES string of the molecule is CCN(CCc1ccncc1)C1=C(c2ccccc2)C(=O)N(c2cccc(C)c2C)C1=O. The molecule has 2 amide bonds. The lowest BCUT2D eigenvalue weighted by Crippen LogP contribution is -2.36. The third kappa shape index (κ3) is 3.94. The first-order valence-corrected chi connectivity index (χ1v) is 10.9. The molecular formula is C27H27N3O2. The highest BCUT2D eigenvalue weighted by Crippen LogP contribution is 2.36. The largest absolute Gasteiger partial charge is 0.366 e. The van der Waals surface area contributed by atoms with E-state index in [0.29, 0.717) is 30.0 Å². The van der Waals surface area contributed by atoms with Crippen molar-refractivity contribution in [3.05, 3.63) is 101 Å².